The highest BCUT2D eigenvalue weighted by Crippen LogP contribution is 2.26. The molecule has 0 aliphatic carbocycles. The third-order valence-corrected chi connectivity index (χ3v) is 3.93. The van der Waals surface area contributed by atoms with Crippen molar-refractivity contribution in [3.63, 3.8) is 0 Å². The molecule has 0 spiro atoms. The molecule has 0 heterocycles. The van der Waals surface area contributed by atoms with Gasteiger partial charge in [-0.15, -0.1) is 11.8 Å². The van der Waals surface area contributed by atoms with E-state index in [2.05, 4.69) is 5.32 Å². The minimum atomic E-state index is -0.0280. The number of carbonyl (C=O) groups excluding carboxylic acids is 1. The van der Waals surface area contributed by atoms with Gasteiger partial charge >= 0.3 is 0 Å². The van der Waals surface area contributed by atoms with E-state index in [1.54, 1.807) is 0 Å². The Morgan fingerprint density at radius 1 is 1.10 bits per heavy atom. The number of carbonyl (C=O) groups is 1. The van der Waals surface area contributed by atoms with E-state index in [9.17, 15) is 4.79 Å². The molecule has 0 aliphatic heterocycles. The highest BCUT2D eigenvalue weighted by Gasteiger charge is 2.06. The van der Waals surface area contributed by atoms with Crippen molar-refractivity contribution in [2.75, 3.05) is 16.8 Å². The summed E-state index contributed by atoms with van der Waals surface area (Å²) in [5, 5.41) is 2.87. The van der Waals surface area contributed by atoms with E-state index in [1.165, 1.54) is 17.3 Å². The minimum absolute atomic E-state index is 0.0280. The zero-order valence-electron chi connectivity index (χ0n) is 11.6. The molecule has 4 heteroatoms. The molecule has 2 aromatic carbocycles. The van der Waals surface area contributed by atoms with Crippen molar-refractivity contribution in [1.82, 2.24) is 0 Å². The second-order valence-corrected chi connectivity index (χ2v) is 5.76. The van der Waals surface area contributed by atoms with Gasteiger partial charge < -0.3 is 11.1 Å². The zero-order valence-corrected chi connectivity index (χ0v) is 12.5. The molecule has 3 nitrogen and oxygen atoms in total. The van der Waals surface area contributed by atoms with Gasteiger partial charge in [0.25, 0.3) is 0 Å². The van der Waals surface area contributed by atoms with Crippen molar-refractivity contribution in [1.29, 1.82) is 0 Å². The maximum atomic E-state index is 11.9. The molecule has 0 radical (unpaired) electrons. The van der Waals surface area contributed by atoms with Crippen LogP contribution in [-0.4, -0.2) is 11.7 Å². The number of rotatable bonds is 4. The molecule has 2 aromatic rings. The average molecular weight is 286 g/mol. The maximum Gasteiger partial charge on any atom is 0.234 e. The van der Waals surface area contributed by atoms with E-state index in [4.69, 9.17) is 5.73 Å². The van der Waals surface area contributed by atoms with Crippen LogP contribution in [0.25, 0.3) is 0 Å². The summed E-state index contributed by atoms with van der Waals surface area (Å²) in [7, 11) is 0. The first-order valence-electron chi connectivity index (χ1n) is 6.40. The molecular weight excluding hydrogens is 268 g/mol. The van der Waals surface area contributed by atoms with Gasteiger partial charge in [0.1, 0.15) is 0 Å². The number of hydrogen-bond acceptors (Lipinski definition) is 3. The summed E-state index contributed by atoms with van der Waals surface area (Å²) in [4.78, 5) is 12.8. The lowest BCUT2D eigenvalue weighted by Crippen LogP contribution is -2.14. The number of nitrogen functional groups attached to an aromatic ring is 1. The number of thioether (sulfide) groups is 1. The van der Waals surface area contributed by atoms with Crippen LogP contribution in [0.15, 0.2) is 47.4 Å². The van der Waals surface area contributed by atoms with Gasteiger partial charge in [0.15, 0.2) is 0 Å². The third-order valence-electron chi connectivity index (χ3n) is 2.86. The van der Waals surface area contributed by atoms with Crippen LogP contribution < -0.4 is 11.1 Å². The van der Waals surface area contributed by atoms with Crippen LogP contribution in [0.3, 0.4) is 0 Å². The SMILES string of the molecule is Cc1ccc(NC(=O)CSc2cc(C)ccc2N)cc1. The Morgan fingerprint density at radius 2 is 1.75 bits per heavy atom. The number of hydrogen-bond donors (Lipinski definition) is 2. The van der Waals surface area contributed by atoms with Gasteiger partial charge in [-0.05, 0) is 43.7 Å². The molecule has 0 atom stereocenters. The number of anilines is 2. The van der Waals surface area contributed by atoms with Crippen LogP contribution in [-0.2, 0) is 4.79 Å². The fraction of sp³-hybridized carbons (Fsp3) is 0.188. The van der Waals surface area contributed by atoms with E-state index in [1.807, 2.05) is 56.3 Å². The van der Waals surface area contributed by atoms with Crippen molar-refractivity contribution in [2.45, 2.75) is 18.7 Å². The summed E-state index contributed by atoms with van der Waals surface area (Å²) < 4.78 is 0. The van der Waals surface area contributed by atoms with E-state index in [0.29, 0.717) is 11.4 Å². The zero-order chi connectivity index (χ0) is 14.5. The monoisotopic (exact) mass is 286 g/mol. The van der Waals surface area contributed by atoms with Gasteiger partial charge in [-0.2, -0.15) is 0 Å². The summed E-state index contributed by atoms with van der Waals surface area (Å²) in [5.74, 6) is 0.321. The lowest BCUT2D eigenvalue weighted by molar-refractivity contribution is -0.113. The van der Waals surface area contributed by atoms with Gasteiger partial charge in [0, 0.05) is 16.3 Å². The van der Waals surface area contributed by atoms with Gasteiger partial charge in [0.2, 0.25) is 5.91 Å². The predicted octanol–water partition coefficient (Wildman–Crippen LogP) is 3.62. The second-order valence-electron chi connectivity index (χ2n) is 4.74. The molecule has 1 amide bonds. The van der Waals surface area contributed by atoms with Crippen molar-refractivity contribution in [2.24, 2.45) is 0 Å². The van der Waals surface area contributed by atoms with Crippen LogP contribution in [0.2, 0.25) is 0 Å². The fourth-order valence-corrected chi connectivity index (χ4v) is 2.61. The van der Waals surface area contributed by atoms with Crippen molar-refractivity contribution in [3.8, 4) is 0 Å². The average Bonchev–Trinajstić information content (AvgIpc) is 2.42. The van der Waals surface area contributed by atoms with E-state index in [-0.39, 0.29) is 5.91 Å². The Labute approximate surface area is 123 Å². The van der Waals surface area contributed by atoms with E-state index in [0.717, 1.165) is 16.1 Å². The van der Waals surface area contributed by atoms with E-state index >= 15 is 0 Å². The first-order chi connectivity index (χ1) is 9.54. The molecule has 0 saturated heterocycles. The third kappa shape index (κ3) is 4.03. The molecular formula is C16H18N2OS. The molecule has 0 aromatic heterocycles. The fourth-order valence-electron chi connectivity index (χ4n) is 1.74. The number of nitrogens with one attached hydrogen (secondary N) is 1. The summed E-state index contributed by atoms with van der Waals surface area (Å²) >= 11 is 1.45. The number of amides is 1. The molecule has 0 bridgehead atoms. The lowest BCUT2D eigenvalue weighted by atomic mass is 10.2. The normalized spacial score (nSPS) is 10.3. The first kappa shape index (κ1) is 14.5. The Kier molecular flexibility index (Phi) is 4.69. The summed E-state index contributed by atoms with van der Waals surface area (Å²) in [5.41, 5.74) is 9.73. The summed E-state index contributed by atoms with van der Waals surface area (Å²) in [6.07, 6.45) is 0. The highest BCUT2D eigenvalue weighted by molar-refractivity contribution is 8.00. The van der Waals surface area contributed by atoms with Crippen LogP contribution >= 0.6 is 11.8 Å². The van der Waals surface area contributed by atoms with E-state index < -0.39 is 0 Å². The largest absolute Gasteiger partial charge is 0.398 e. The molecule has 2 rings (SSSR count). The quantitative estimate of drug-likeness (QED) is 0.667. The molecule has 20 heavy (non-hydrogen) atoms. The van der Waals surface area contributed by atoms with Crippen LogP contribution in [0.1, 0.15) is 11.1 Å². The van der Waals surface area contributed by atoms with Gasteiger partial charge in [0.05, 0.1) is 5.75 Å². The number of benzene rings is 2. The molecule has 0 unspecified atom stereocenters. The van der Waals surface area contributed by atoms with Crippen molar-refractivity contribution < 1.29 is 4.79 Å². The Bertz CT molecular complexity index is 608. The molecule has 0 saturated carbocycles. The first-order valence-corrected chi connectivity index (χ1v) is 7.38. The lowest BCUT2D eigenvalue weighted by Gasteiger charge is -2.08. The van der Waals surface area contributed by atoms with Crippen molar-refractivity contribution in [3.05, 3.63) is 53.6 Å². The molecule has 3 N–H and O–H groups in total. The second kappa shape index (κ2) is 6.48. The van der Waals surface area contributed by atoms with Gasteiger partial charge in [-0.1, -0.05) is 23.8 Å². The number of nitrogens with two attached hydrogens (primary N) is 1. The van der Waals surface area contributed by atoms with Crippen LogP contribution in [0, 0.1) is 13.8 Å². The predicted molar refractivity (Wildman–Crippen MR) is 86.1 cm³/mol. The van der Waals surface area contributed by atoms with Gasteiger partial charge in [-0.25, -0.2) is 0 Å². The standard InChI is InChI=1S/C16H18N2OS/c1-11-3-6-13(7-4-11)18-16(19)10-20-15-9-12(2)5-8-14(15)17/h3-9H,10,17H2,1-2H3,(H,18,19). The minimum Gasteiger partial charge on any atom is -0.398 e. The van der Waals surface area contributed by atoms with Crippen LogP contribution in [0.4, 0.5) is 11.4 Å². The smallest absolute Gasteiger partial charge is 0.234 e. The highest BCUT2D eigenvalue weighted by atomic mass is 32.2. The van der Waals surface area contributed by atoms with Crippen LogP contribution in [0.5, 0.6) is 0 Å². The Balaban J connectivity index is 1.92. The molecule has 0 fully saturated rings. The maximum absolute atomic E-state index is 11.9. The van der Waals surface area contributed by atoms with Gasteiger partial charge in [-0.3, -0.25) is 4.79 Å². The topological polar surface area (TPSA) is 55.1 Å². The Hall–Kier alpha value is -1.94. The molecule has 0 aliphatic rings. The summed E-state index contributed by atoms with van der Waals surface area (Å²) in [6, 6.07) is 13.6. The Morgan fingerprint density at radius 3 is 2.45 bits per heavy atom. The van der Waals surface area contributed by atoms with Crippen molar-refractivity contribution >= 4 is 29.0 Å². The summed E-state index contributed by atoms with van der Waals surface area (Å²) in [6.45, 7) is 4.03. The number of aryl methyl sites for hydroxylation is 2. The molecule has 104 valence electrons.